The van der Waals surface area contributed by atoms with Crippen molar-refractivity contribution < 1.29 is 13.6 Å². The number of hydrazone groups is 1. The summed E-state index contributed by atoms with van der Waals surface area (Å²) in [5.74, 6) is -1.69. The Labute approximate surface area is 118 Å². The van der Waals surface area contributed by atoms with Gasteiger partial charge in [-0.1, -0.05) is 23.7 Å². The molecule has 0 fully saturated rings. The SMILES string of the molecule is O=C(N/N=C/c1c(F)cccc1Cl)c1cccc(F)c1. The maximum atomic E-state index is 13.4. The van der Waals surface area contributed by atoms with E-state index in [9.17, 15) is 13.6 Å². The summed E-state index contributed by atoms with van der Waals surface area (Å²) in [4.78, 5) is 11.6. The minimum absolute atomic E-state index is 0.0636. The third kappa shape index (κ3) is 3.39. The average molecular weight is 295 g/mol. The van der Waals surface area contributed by atoms with Gasteiger partial charge in [-0.05, 0) is 30.3 Å². The van der Waals surface area contributed by atoms with E-state index in [-0.39, 0.29) is 16.1 Å². The molecule has 0 aliphatic heterocycles. The van der Waals surface area contributed by atoms with Gasteiger partial charge in [-0.3, -0.25) is 4.79 Å². The maximum absolute atomic E-state index is 13.4. The van der Waals surface area contributed by atoms with E-state index in [4.69, 9.17) is 11.6 Å². The van der Waals surface area contributed by atoms with Crippen LogP contribution < -0.4 is 5.43 Å². The molecule has 0 unspecified atom stereocenters. The van der Waals surface area contributed by atoms with Crippen molar-refractivity contribution in [3.05, 3.63) is 70.2 Å². The van der Waals surface area contributed by atoms with Crippen molar-refractivity contribution in [3.8, 4) is 0 Å². The Balaban J connectivity index is 2.09. The normalized spacial score (nSPS) is 10.8. The lowest BCUT2D eigenvalue weighted by Gasteiger charge is -2.01. The molecule has 6 heteroatoms. The summed E-state index contributed by atoms with van der Waals surface area (Å²) < 4.78 is 26.3. The molecule has 2 aromatic rings. The molecule has 2 rings (SSSR count). The first-order chi connectivity index (χ1) is 9.58. The van der Waals surface area contributed by atoms with Crippen LogP contribution in [0.4, 0.5) is 8.78 Å². The van der Waals surface area contributed by atoms with Crippen molar-refractivity contribution >= 4 is 23.7 Å². The lowest BCUT2D eigenvalue weighted by Crippen LogP contribution is -2.17. The van der Waals surface area contributed by atoms with Gasteiger partial charge in [0.1, 0.15) is 11.6 Å². The third-order valence-electron chi connectivity index (χ3n) is 2.45. The van der Waals surface area contributed by atoms with Gasteiger partial charge in [-0.15, -0.1) is 0 Å². The van der Waals surface area contributed by atoms with Gasteiger partial charge >= 0.3 is 0 Å². The van der Waals surface area contributed by atoms with Crippen LogP contribution in [0.2, 0.25) is 5.02 Å². The number of carbonyl (C=O) groups is 1. The van der Waals surface area contributed by atoms with Gasteiger partial charge < -0.3 is 0 Å². The fourth-order valence-electron chi connectivity index (χ4n) is 1.48. The van der Waals surface area contributed by atoms with Crippen LogP contribution in [0.1, 0.15) is 15.9 Å². The van der Waals surface area contributed by atoms with Crippen molar-refractivity contribution in [2.24, 2.45) is 5.10 Å². The number of nitrogens with zero attached hydrogens (tertiary/aromatic N) is 1. The fourth-order valence-corrected chi connectivity index (χ4v) is 1.70. The molecule has 0 aromatic heterocycles. The number of nitrogens with one attached hydrogen (secondary N) is 1. The van der Waals surface area contributed by atoms with E-state index in [0.29, 0.717) is 0 Å². The van der Waals surface area contributed by atoms with E-state index in [2.05, 4.69) is 10.5 Å². The maximum Gasteiger partial charge on any atom is 0.271 e. The average Bonchev–Trinajstić information content (AvgIpc) is 2.42. The summed E-state index contributed by atoms with van der Waals surface area (Å²) in [6.07, 6.45) is 1.09. The summed E-state index contributed by atoms with van der Waals surface area (Å²) in [6.45, 7) is 0. The van der Waals surface area contributed by atoms with Crippen LogP contribution in [0.25, 0.3) is 0 Å². The van der Waals surface area contributed by atoms with Crippen molar-refractivity contribution in [2.75, 3.05) is 0 Å². The van der Waals surface area contributed by atoms with Gasteiger partial charge in [-0.2, -0.15) is 5.10 Å². The molecule has 0 saturated heterocycles. The summed E-state index contributed by atoms with van der Waals surface area (Å²) in [6, 6.07) is 9.31. The Hall–Kier alpha value is -2.27. The van der Waals surface area contributed by atoms with Gasteiger partial charge in [0.15, 0.2) is 0 Å². The topological polar surface area (TPSA) is 41.5 Å². The Bertz CT molecular complexity index is 654. The molecule has 0 radical (unpaired) electrons. The van der Waals surface area contributed by atoms with E-state index in [1.807, 2.05) is 0 Å². The van der Waals surface area contributed by atoms with Crippen LogP contribution >= 0.6 is 11.6 Å². The minimum atomic E-state index is -0.604. The predicted octanol–water partition coefficient (Wildman–Crippen LogP) is 3.38. The molecule has 0 aliphatic rings. The van der Waals surface area contributed by atoms with E-state index in [0.717, 1.165) is 12.3 Å². The quantitative estimate of drug-likeness (QED) is 0.684. The zero-order chi connectivity index (χ0) is 14.5. The second kappa shape index (κ2) is 6.25. The van der Waals surface area contributed by atoms with Gasteiger partial charge in [0.05, 0.1) is 11.2 Å². The van der Waals surface area contributed by atoms with Crippen LogP contribution in [-0.4, -0.2) is 12.1 Å². The van der Waals surface area contributed by atoms with Gasteiger partial charge in [-0.25, -0.2) is 14.2 Å². The minimum Gasteiger partial charge on any atom is -0.267 e. The Morgan fingerprint density at radius 1 is 1.20 bits per heavy atom. The second-order valence-corrected chi connectivity index (χ2v) is 4.25. The van der Waals surface area contributed by atoms with E-state index >= 15 is 0 Å². The molecule has 0 saturated carbocycles. The smallest absolute Gasteiger partial charge is 0.267 e. The highest BCUT2D eigenvalue weighted by Crippen LogP contribution is 2.16. The molecule has 20 heavy (non-hydrogen) atoms. The largest absolute Gasteiger partial charge is 0.271 e. The lowest BCUT2D eigenvalue weighted by atomic mass is 10.2. The number of hydrogen-bond donors (Lipinski definition) is 1. The van der Waals surface area contributed by atoms with Gasteiger partial charge in [0.25, 0.3) is 5.91 Å². The summed E-state index contributed by atoms with van der Waals surface area (Å²) in [5, 5.41) is 3.77. The molecule has 0 aliphatic carbocycles. The van der Waals surface area contributed by atoms with E-state index in [1.165, 1.54) is 36.4 Å². The van der Waals surface area contributed by atoms with Crippen LogP contribution in [0.3, 0.4) is 0 Å². The Morgan fingerprint density at radius 3 is 2.65 bits per heavy atom. The summed E-state index contributed by atoms with van der Waals surface area (Å²) >= 11 is 5.79. The lowest BCUT2D eigenvalue weighted by molar-refractivity contribution is 0.0954. The Morgan fingerprint density at radius 2 is 1.95 bits per heavy atom. The number of amides is 1. The van der Waals surface area contributed by atoms with E-state index in [1.54, 1.807) is 0 Å². The van der Waals surface area contributed by atoms with Gasteiger partial charge in [0.2, 0.25) is 0 Å². The number of rotatable bonds is 3. The van der Waals surface area contributed by atoms with Crippen molar-refractivity contribution in [2.45, 2.75) is 0 Å². The van der Waals surface area contributed by atoms with Gasteiger partial charge in [0, 0.05) is 11.1 Å². The highest BCUT2D eigenvalue weighted by atomic mass is 35.5. The second-order valence-electron chi connectivity index (χ2n) is 3.84. The molecule has 0 bridgehead atoms. The first-order valence-electron chi connectivity index (χ1n) is 5.61. The Kier molecular flexibility index (Phi) is 4.42. The molecule has 1 N–H and O–H groups in total. The molecule has 102 valence electrons. The number of hydrogen-bond acceptors (Lipinski definition) is 2. The number of halogens is 3. The fraction of sp³-hybridized carbons (Fsp3) is 0. The highest BCUT2D eigenvalue weighted by molar-refractivity contribution is 6.33. The molecule has 0 atom stereocenters. The first kappa shape index (κ1) is 14.1. The molecule has 0 heterocycles. The molecular formula is C14H9ClF2N2O. The molecule has 1 amide bonds. The first-order valence-corrected chi connectivity index (χ1v) is 5.98. The van der Waals surface area contributed by atoms with Crippen molar-refractivity contribution in [3.63, 3.8) is 0 Å². The molecule has 2 aromatic carbocycles. The standard InChI is InChI=1S/C14H9ClF2N2O/c15-12-5-2-6-13(17)11(12)8-18-19-14(20)9-3-1-4-10(16)7-9/h1-8H,(H,19,20)/b18-8+. The van der Waals surface area contributed by atoms with Crippen LogP contribution in [0, 0.1) is 11.6 Å². The van der Waals surface area contributed by atoms with Crippen LogP contribution in [-0.2, 0) is 0 Å². The third-order valence-corrected chi connectivity index (χ3v) is 2.78. The molecule has 0 spiro atoms. The number of benzene rings is 2. The summed E-state index contributed by atoms with van der Waals surface area (Å²) in [5.41, 5.74) is 2.34. The zero-order valence-corrected chi connectivity index (χ0v) is 10.9. The van der Waals surface area contributed by atoms with Crippen molar-refractivity contribution in [1.29, 1.82) is 0 Å². The number of carbonyl (C=O) groups excluding carboxylic acids is 1. The van der Waals surface area contributed by atoms with Crippen LogP contribution in [0.15, 0.2) is 47.6 Å². The monoisotopic (exact) mass is 294 g/mol. The zero-order valence-electron chi connectivity index (χ0n) is 10.1. The summed E-state index contributed by atoms with van der Waals surface area (Å²) in [7, 11) is 0. The predicted molar refractivity (Wildman–Crippen MR) is 72.9 cm³/mol. The highest BCUT2D eigenvalue weighted by Gasteiger charge is 2.06. The van der Waals surface area contributed by atoms with E-state index < -0.39 is 17.5 Å². The van der Waals surface area contributed by atoms with Crippen LogP contribution in [0.5, 0.6) is 0 Å². The van der Waals surface area contributed by atoms with Crippen molar-refractivity contribution in [1.82, 2.24) is 5.43 Å². The molecular weight excluding hydrogens is 286 g/mol. The molecule has 3 nitrogen and oxygen atoms in total.